The van der Waals surface area contributed by atoms with Crippen molar-refractivity contribution in [3.8, 4) is 0 Å². The second kappa shape index (κ2) is 5.40. The molecule has 1 saturated heterocycles. The Bertz CT molecular complexity index is 516. The molecule has 120 valence electrons. The number of hydrogen-bond acceptors (Lipinski definition) is 3. The number of nitrogens with zero attached hydrogens (tertiary/aromatic N) is 2. The molecule has 2 N–H and O–H groups in total. The van der Waals surface area contributed by atoms with Gasteiger partial charge in [-0.25, -0.2) is 0 Å². The molecule has 1 fully saturated rings. The fourth-order valence-electron chi connectivity index (χ4n) is 3.96. The lowest BCUT2D eigenvalue weighted by Crippen LogP contribution is -2.41. The number of ether oxygens (including phenoxy) is 1. The van der Waals surface area contributed by atoms with Crippen LogP contribution in [-0.2, 0) is 18.2 Å². The largest absolute Gasteiger partial charge is 0.369 e. The van der Waals surface area contributed by atoms with Gasteiger partial charge >= 0.3 is 0 Å². The van der Waals surface area contributed by atoms with Gasteiger partial charge in [-0.1, -0.05) is 0 Å². The van der Waals surface area contributed by atoms with E-state index in [0.29, 0.717) is 5.92 Å². The average Bonchev–Trinajstić information content (AvgIpc) is 2.70. The third kappa shape index (κ3) is 3.32. The zero-order chi connectivity index (χ0) is 16.0. The zero-order valence-corrected chi connectivity index (χ0v) is 14.7. The molecule has 0 bridgehead atoms. The maximum absolute atomic E-state index is 6.52. The van der Waals surface area contributed by atoms with Gasteiger partial charge in [-0.05, 0) is 66.4 Å². The summed E-state index contributed by atoms with van der Waals surface area (Å²) in [5.41, 5.74) is 10.1. The molecule has 4 nitrogen and oxygen atoms in total. The summed E-state index contributed by atoms with van der Waals surface area (Å²) in [6.07, 6.45) is 3.02. The monoisotopic (exact) mass is 293 g/mol. The smallest absolute Gasteiger partial charge is 0.0677 e. The lowest BCUT2D eigenvalue weighted by atomic mass is 9.80. The summed E-state index contributed by atoms with van der Waals surface area (Å²) in [5.74, 6) is 0.407. The molecular weight excluding hydrogens is 262 g/mol. The van der Waals surface area contributed by atoms with E-state index in [9.17, 15) is 0 Å². The second-order valence-corrected chi connectivity index (χ2v) is 7.75. The molecule has 0 spiro atoms. The molecule has 1 aliphatic heterocycles. The third-order valence-corrected chi connectivity index (χ3v) is 5.05. The van der Waals surface area contributed by atoms with Gasteiger partial charge in [0.2, 0.25) is 0 Å². The molecule has 1 aliphatic rings. The Labute approximate surface area is 129 Å². The van der Waals surface area contributed by atoms with Gasteiger partial charge in [-0.2, -0.15) is 5.10 Å². The van der Waals surface area contributed by atoms with E-state index >= 15 is 0 Å². The van der Waals surface area contributed by atoms with Crippen molar-refractivity contribution in [2.45, 2.75) is 78.0 Å². The SMILES string of the molecule is Cc1nn(C)c(C)c1CCC(N)C1CC(C)(C)OC1(C)C. The van der Waals surface area contributed by atoms with Gasteiger partial charge in [0, 0.05) is 24.7 Å². The molecule has 0 radical (unpaired) electrons. The van der Waals surface area contributed by atoms with Gasteiger partial charge < -0.3 is 10.5 Å². The van der Waals surface area contributed by atoms with Crippen molar-refractivity contribution in [2.75, 3.05) is 0 Å². The van der Waals surface area contributed by atoms with E-state index in [0.717, 1.165) is 25.0 Å². The number of rotatable bonds is 4. The van der Waals surface area contributed by atoms with Crippen LogP contribution in [0.5, 0.6) is 0 Å². The molecule has 21 heavy (non-hydrogen) atoms. The predicted octanol–water partition coefficient (Wildman–Crippen LogP) is 2.89. The summed E-state index contributed by atoms with van der Waals surface area (Å²) in [6, 6.07) is 0.167. The van der Waals surface area contributed by atoms with Crippen molar-refractivity contribution >= 4 is 0 Å². The van der Waals surface area contributed by atoms with Crippen LogP contribution in [0.15, 0.2) is 0 Å². The summed E-state index contributed by atoms with van der Waals surface area (Å²) >= 11 is 0. The Morgan fingerprint density at radius 3 is 2.38 bits per heavy atom. The van der Waals surface area contributed by atoms with Crippen LogP contribution in [0.3, 0.4) is 0 Å². The fraction of sp³-hybridized carbons (Fsp3) is 0.824. The Hall–Kier alpha value is -0.870. The fourth-order valence-corrected chi connectivity index (χ4v) is 3.96. The first-order chi connectivity index (χ1) is 9.53. The van der Waals surface area contributed by atoms with Gasteiger partial charge in [0.1, 0.15) is 0 Å². The van der Waals surface area contributed by atoms with E-state index in [-0.39, 0.29) is 17.2 Å². The summed E-state index contributed by atoms with van der Waals surface area (Å²) in [6.45, 7) is 12.9. The molecule has 1 aromatic rings. The molecule has 4 heteroatoms. The van der Waals surface area contributed by atoms with Crippen LogP contribution in [0.25, 0.3) is 0 Å². The van der Waals surface area contributed by atoms with Crippen molar-refractivity contribution in [1.29, 1.82) is 0 Å². The zero-order valence-electron chi connectivity index (χ0n) is 14.7. The molecule has 0 saturated carbocycles. The molecule has 0 aliphatic carbocycles. The van der Waals surface area contributed by atoms with Crippen molar-refractivity contribution in [3.05, 3.63) is 17.0 Å². The van der Waals surface area contributed by atoms with Crippen LogP contribution in [0.1, 0.15) is 57.5 Å². The first kappa shape index (κ1) is 16.5. The minimum absolute atomic E-state index is 0.0636. The molecule has 1 aromatic heterocycles. The molecular formula is C17H31N3O. The van der Waals surface area contributed by atoms with Crippen LogP contribution in [0.2, 0.25) is 0 Å². The van der Waals surface area contributed by atoms with Crippen molar-refractivity contribution in [2.24, 2.45) is 18.7 Å². The van der Waals surface area contributed by atoms with Gasteiger partial charge in [0.25, 0.3) is 0 Å². The van der Waals surface area contributed by atoms with Crippen LogP contribution in [0.4, 0.5) is 0 Å². The van der Waals surface area contributed by atoms with E-state index in [1.807, 2.05) is 11.7 Å². The van der Waals surface area contributed by atoms with Gasteiger partial charge in [-0.15, -0.1) is 0 Å². The number of aryl methyl sites for hydroxylation is 2. The summed E-state index contributed by atoms with van der Waals surface area (Å²) in [5, 5.41) is 4.49. The number of hydrogen-bond donors (Lipinski definition) is 1. The van der Waals surface area contributed by atoms with Crippen LogP contribution >= 0.6 is 0 Å². The van der Waals surface area contributed by atoms with Crippen molar-refractivity contribution in [3.63, 3.8) is 0 Å². The summed E-state index contributed by atoms with van der Waals surface area (Å²) in [4.78, 5) is 0. The molecule has 0 amide bonds. The molecule has 2 atom stereocenters. The lowest BCUT2D eigenvalue weighted by Gasteiger charge is -2.31. The van der Waals surface area contributed by atoms with Crippen LogP contribution < -0.4 is 5.73 Å². The minimum atomic E-state index is -0.137. The van der Waals surface area contributed by atoms with E-state index in [2.05, 4.69) is 46.6 Å². The Kier molecular flexibility index (Phi) is 4.24. The van der Waals surface area contributed by atoms with E-state index in [1.54, 1.807) is 0 Å². The van der Waals surface area contributed by atoms with Gasteiger partial charge in [0.15, 0.2) is 0 Å². The molecule has 2 rings (SSSR count). The van der Waals surface area contributed by atoms with Gasteiger partial charge in [-0.3, -0.25) is 4.68 Å². The van der Waals surface area contributed by atoms with E-state index in [4.69, 9.17) is 10.5 Å². The highest BCUT2D eigenvalue weighted by Crippen LogP contribution is 2.43. The number of nitrogens with two attached hydrogens (primary N) is 1. The third-order valence-electron chi connectivity index (χ3n) is 5.05. The first-order valence-electron chi connectivity index (χ1n) is 7.98. The van der Waals surface area contributed by atoms with E-state index < -0.39 is 0 Å². The highest BCUT2D eigenvalue weighted by atomic mass is 16.5. The minimum Gasteiger partial charge on any atom is -0.369 e. The maximum Gasteiger partial charge on any atom is 0.0677 e. The predicted molar refractivity (Wildman–Crippen MR) is 86.3 cm³/mol. The molecule has 2 heterocycles. The standard InChI is InChI=1S/C17H31N3O/c1-11-13(12(2)20(7)19-11)8-9-15(18)14-10-16(3,4)21-17(14,5)6/h14-15H,8-10,18H2,1-7H3. The van der Waals surface area contributed by atoms with E-state index in [1.165, 1.54) is 11.3 Å². The van der Waals surface area contributed by atoms with Crippen molar-refractivity contribution in [1.82, 2.24) is 9.78 Å². The Balaban J connectivity index is 2.04. The number of aromatic nitrogens is 2. The highest BCUT2D eigenvalue weighted by molar-refractivity contribution is 5.24. The summed E-state index contributed by atoms with van der Waals surface area (Å²) < 4.78 is 8.14. The molecule has 2 unspecified atom stereocenters. The highest BCUT2D eigenvalue weighted by Gasteiger charge is 2.47. The topological polar surface area (TPSA) is 53.1 Å². The first-order valence-corrected chi connectivity index (χ1v) is 7.98. The Morgan fingerprint density at radius 2 is 1.95 bits per heavy atom. The Morgan fingerprint density at radius 1 is 1.33 bits per heavy atom. The molecule has 0 aromatic carbocycles. The van der Waals surface area contributed by atoms with Crippen LogP contribution in [-0.4, -0.2) is 27.0 Å². The maximum atomic E-state index is 6.52. The second-order valence-electron chi connectivity index (χ2n) is 7.75. The normalized spacial score (nSPS) is 25.2. The quantitative estimate of drug-likeness (QED) is 0.928. The average molecular weight is 293 g/mol. The van der Waals surface area contributed by atoms with Crippen molar-refractivity contribution < 1.29 is 4.74 Å². The lowest BCUT2D eigenvalue weighted by molar-refractivity contribution is -0.0767. The summed E-state index contributed by atoms with van der Waals surface area (Å²) in [7, 11) is 2.00. The van der Waals surface area contributed by atoms with Gasteiger partial charge in [0.05, 0.1) is 16.9 Å². The van der Waals surface area contributed by atoms with Crippen LogP contribution in [0, 0.1) is 19.8 Å².